The van der Waals surface area contributed by atoms with Crippen molar-refractivity contribution in [1.29, 1.82) is 0 Å². The van der Waals surface area contributed by atoms with Gasteiger partial charge in [-0.15, -0.1) is 0 Å². The molecule has 20 heavy (non-hydrogen) atoms. The Morgan fingerprint density at radius 3 is 2.65 bits per heavy atom. The molecule has 1 saturated heterocycles. The van der Waals surface area contributed by atoms with Gasteiger partial charge in [-0.3, -0.25) is 4.79 Å². The summed E-state index contributed by atoms with van der Waals surface area (Å²) in [5, 5.41) is 0. The maximum atomic E-state index is 12.3. The number of nitrogens with zero attached hydrogens (tertiary/aromatic N) is 1. The van der Waals surface area contributed by atoms with Crippen LogP contribution >= 0.6 is 0 Å². The molecule has 0 bridgehead atoms. The van der Waals surface area contributed by atoms with E-state index < -0.39 is 0 Å². The first-order valence-corrected chi connectivity index (χ1v) is 8.00. The third-order valence-corrected chi connectivity index (χ3v) is 4.75. The molecule has 4 nitrogen and oxygen atoms in total. The molecule has 2 N–H and O–H groups in total. The van der Waals surface area contributed by atoms with Gasteiger partial charge in [0.2, 0.25) is 5.91 Å². The van der Waals surface area contributed by atoms with Crippen LogP contribution in [-0.2, 0) is 9.53 Å². The number of amides is 1. The van der Waals surface area contributed by atoms with Crippen LogP contribution in [0.3, 0.4) is 0 Å². The van der Waals surface area contributed by atoms with Crippen LogP contribution in [0.4, 0.5) is 0 Å². The van der Waals surface area contributed by atoms with E-state index in [9.17, 15) is 4.79 Å². The average molecular weight is 284 g/mol. The Labute approximate surface area is 124 Å². The maximum absolute atomic E-state index is 12.3. The second-order valence-corrected chi connectivity index (χ2v) is 6.50. The van der Waals surface area contributed by atoms with Crippen molar-refractivity contribution < 1.29 is 9.53 Å². The molecule has 0 aromatic carbocycles. The molecule has 0 aromatic heterocycles. The van der Waals surface area contributed by atoms with E-state index in [4.69, 9.17) is 10.5 Å². The van der Waals surface area contributed by atoms with E-state index in [1.54, 1.807) is 7.11 Å². The molecule has 1 aliphatic rings. The van der Waals surface area contributed by atoms with Gasteiger partial charge in [-0.05, 0) is 43.6 Å². The Kier molecular flexibility index (Phi) is 7.52. The lowest BCUT2D eigenvalue weighted by atomic mass is 9.88. The smallest absolute Gasteiger partial charge is 0.222 e. The van der Waals surface area contributed by atoms with Crippen LogP contribution in [0.15, 0.2) is 0 Å². The van der Waals surface area contributed by atoms with Crippen LogP contribution in [0, 0.1) is 17.8 Å². The van der Waals surface area contributed by atoms with E-state index in [0.29, 0.717) is 30.7 Å². The lowest BCUT2D eigenvalue weighted by Gasteiger charge is -2.36. The van der Waals surface area contributed by atoms with Gasteiger partial charge >= 0.3 is 0 Å². The number of hydrogen-bond donors (Lipinski definition) is 1. The minimum absolute atomic E-state index is 0.192. The largest absolute Gasteiger partial charge is 0.379 e. The maximum Gasteiger partial charge on any atom is 0.222 e. The van der Waals surface area contributed by atoms with Gasteiger partial charge in [-0.1, -0.05) is 20.8 Å². The number of carbonyl (C=O) groups excluding carboxylic acids is 1. The summed E-state index contributed by atoms with van der Waals surface area (Å²) in [6.07, 6.45) is 3.85. The normalized spacial score (nSPS) is 25.0. The predicted molar refractivity (Wildman–Crippen MR) is 82.4 cm³/mol. The van der Waals surface area contributed by atoms with Crippen molar-refractivity contribution in [3.63, 3.8) is 0 Å². The minimum atomic E-state index is 0.192. The predicted octanol–water partition coefficient (Wildman–Crippen LogP) is 2.27. The van der Waals surface area contributed by atoms with Gasteiger partial charge in [0.25, 0.3) is 0 Å². The molecule has 4 heteroatoms. The van der Waals surface area contributed by atoms with Crippen molar-refractivity contribution in [3.05, 3.63) is 0 Å². The van der Waals surface area contributed by atoms with Crippen LogP contribution in [0.5, 0.6) is 0 Å². The molecule has 1 amide bonds. The quantitative estimate of drug-likeness (QED) is 0.780. The summed E-state index contributed by atoms with van der Waals surface area (Å²) in [5.41, 5.74) is 5.66. The molecule has 0 aliphatic carbocycles. The van der Waals surface area contributed by atoms with Gasteiger partial charge in [0.05, 0.1) is 6.10 Å². The van der Waals surface area contributed by atoms with Gasteiger partial charge < -0.3 is 15.4 Å². The third-order valence-electron chi connectivity index (χ3n) is 4.75. The second kappa shape index (κ2) is 8.63. The number of methoxy groups -OCH3 is 1. The lowest BCUT2D eigenvalue weighted by Crippen LogP contribution is -2.46. The fourth-order valence-corrected chi connectivity index (χ4v) is 3.06. The molecule has 1 heterocycles. The summed E-state index contributed by atoms with van der Waals surface area (Å²) in [4.78, 5) is 14.3. The van der Waals surface area contributed by atoms with E-state index in [1.165, 1.54) is 0 Å². The number of nitrogens with two attached hydrogens (primary N) is 1. The fourth-order valence-electron chi connectivity index (χ4n) is 3.06. The zero-order chi connectivity index (χ0) is 15.1. The minimum Gasteiger partial charge on any atom is -0.379 e. The Hall–Kier alpha value is -0.610. The Morgan fingerprint density at radius 2 is 2.10 bits per heavy atom. The average Bonchev–Trinajstić information content (AvgIpc) is 2.43. The highest BCUT2D eigenvalue weighted by molar-refractivity contribution is 5.76. The summed E-state index contributed by atoms with van der Waals surface area (Å²) in [5.74, 6) is 1.98. The number of piperidine rings is 1. The third kappa shape index (κ3) is 5.06. The van der Waals surface area contributed by atoms with Crippen molar-refractivity contribution in [2.75, 3.05) is 26.7 Å². The summed E-state index contributed by atoms with van der Waals surface area (Å²) < 4.78 is 5.48. The van der Waals surface area contributed by atoms with E-state index in [0.717, 1.165) is 32.4 Å². The van der Waals surface area contributed by atoms with Crippen molar-refractivity contribution in [3.8, 4) is 0 Å². The number of rotatable bonds is 7. The van der Waals surface area contributed by atoms with Crippen molar-refractivity contribution in [2.24, 2.45) is 23.5 Å². The summed E-state index contributed by atoms with van der Waals surface area (Å²) in [7, 11) is 1.74. The number of hydrogen-bond acceptors (Lipinski definition) is 3. The second-order valence-electron chi connectivity index (χ2n) is 6.50. The molecular weight excluding hydrogens is 252 g/mol. The fraction of sp³-hybridized carbons (Fsp3) is 0.938. The number of likely N-dealkylation sites (tertiary alicyclic amines) is 1. The lowest BCUT2D eigenvalue weighted by molar-refractivity contribution is -0.136. The van der Waals surface area contributed by atoms with E-state index in [1.807, 2.05) is 4.90 Å². The Balaban J connectivity index is 2.42. The summed E-state index contributed by atoms with van der Waals surface area (Å²) in [6, 6.07) is 0. The van der Waals surface area contributed by atoms with Gasteiger partial charge in [0.1, 0.15) is 0 Å². The van der Waals surface area contributed by atoms with Crippen molar-refractivity contribution in [2.45, 2.75) is 52.6 Å². The van der Waals surface area contributed by atoms with Gasteiger partial charge in [0, 0.05) is 26.6 Å². The molecule has 0 saturated carbocycles. The van der Waals surface area contributed by atoms with Gasteiger partial charge in [-0.25, -0.2) is 0 Å². The molecule has 1 rings (SSSR count). The highest BCUT2D eigenvalue weighted by Crippen LogP contribution is 2.23. The van der Waals surface area contributed by atoms with Gasteiger partial charge in [0.15, 0.2) is 0 Å². The molecule has 0 spiro atoms. The first kappa shape index (κ1) is 17.4. The molecule has 1 aliphatic heterocycles. The number of carbonyl (C=O) groups is 1. The summed E-state index contributed by atoms with van der Waals surface area (Å²) in [6.45, 7) is 8.97. The summed E-state index contributed by atoms with van der Waals surface area (Å²) >= 11 is 0. The van der Waals surface area contributed by atoms with Crippen LogP contribution < -0.4 is 5.73 Å². The first-order chi connectivity index (χ1) is 9.49. The molecule has 118 valence electrons. The van der Waals surface area contributed by atoms with Crippen LogP contribution in [-0.4, -0.2) is 43.7 Å². The molecule has 3 unspecified atom stereocenters. The SMILES string of the molecule is COC1CN(C(=O)CCC(CCN)C(C)C)CCC1C. The van der Waals surface area contributed by atoms with E-state index in [2.05, 4.69) is 20.8 Å². The Bertz CT molecular complexity index is 294. The number of ether oxygens (including phenoxy) is 1. The topological polar surface area (TPSA) is 55.6 Å². The zero-order valence-electron chi connectivity index (χ0n) is 13.6. The highest BCUT2D eigenvalue weighted by atomic mass is 16.5. The van der Waals surface area contributed by atoms with Crippen LogP contribution in [0.25, 0.3) is 0 Å². The van der Waals surface area contributed by atoms with Crippen LogP contribution in [0.2, 0.25) is 0 Å². The first-order valence-electron chi connectivity index (χ1n) is 8.00. The highest BCUT2D eigenvalue weighted by Gasteiger charge is 2.28. The van der Waals surface area contributed by atoms with Crippen molar-refractivity contribution >= 4 is 5.91 Å². The Morgan fingerprint density at radius 1 is 1.40 bits per heavy atom. The van der Waals surface area contributed by atoms with Gasteiger partial charge in [-0.2, -0.15) is 0 Å². The monoisotopic (exact) mass is 284 g/mol. The standard InChI is InChI=1S/C16H32N2O2/c1-12(2)14(7-9-17)5-6-16(19)18-10-8-13(3)15(11-18)20-4/h12-15H,5-11,17H2,1-4H3. The zero-order valence-corrected chi connectivity index (χ0v) is 13.6. The molecule has 3 atom stereocenters. The van der Waals surface area contributed by atoms with E-state index >= 15 is 0 Å². The molecule has 1 fully saturated rings. The molecular formula is C16H32N2O2. The molecule has 0 aromatic rings. The van der Waals surface area contributed by atoms with Crippen LogP contribution in [0.1, 0.15) is 46.5 Å². The van der Waals surface area contributed by atoms with Crippen molar-refractivity contribution in [1.82, 2.24) is 4.90 Å². The molecule has 0 radical (unpaired) electrons. The van der Waals surface area contributed by atoms with E-state index in [-0.39, 0.29) is 12.0 Å².